The lowest BCUT2D eigenvalue weighted by molar-refractivity contribution is 0.00908. The molecule has 0 aromatic carbocycles. The number of rotatable bonds is 5. The van der Waals surface area contributed by atoms with Crippen LogP contribution in [-0.4, -0.2) is 18.6 Å². The smallest absolute Gasteiger partial charge is 0.218 e. The van der Waals surface area contributed by atoms with Gasteiger partial charge in [0.05, 0.1) is 5.60 Å². The Hall–Kier alpha value is -0.170. The van der Waals surface area contributed by atoms with Crippen molar-refractivity contribution in [3.8, 4) is 0 Å². The van der Waals surface area contributed by atoms with Crippen molar-refractivity contribution in [1.82, 2.24) is 6.15 Å². The highest BCUT2D eigenvalue weighted by Gasteiger charge is 2.33. The molecule has 5 nitrogen and oxygen atoms in total. The summed E-state index contributed by atoms with van der Waals surface area (Å²) in [6.45, 7) is 7.32. The molecule has 14 heavy (non-hydrogen) atoms. The van der Waals surface area contributed by atoms with Crippen LogP contribution in [0.3, 0.4) is 0 Å². The van der Waals surface area contributed by atoms with Crippen molar-refractivity contribution < 1.29 is 17.2 Å². The van der Waals surface area contributed by atoms with Gasteiger partial charge >= 0.3 is 0 Å². The van der Waals surface area contributed by atoms with E-state index in [4.69, 9.17) is 0 Å². The van der Waals surface area contributed by atoms with Crippen molar-refractivity contribution in [2.75, 3.05) is 0 Å². The maximum Gasteiger partial charge on any atom is 0.218 e. The van der Waals surface area contributed by atoms with Crippen LogP contribution in [0.15, 0.2) is 0 Å². The van der Waals surface area contributed by atoms with Gasteiger partial charge in [0.2, 0.25) is 10.4 Å². The van der Waals surface area contributed by atoms with Gasteiger partial charge in [-0.1, -0.05) is 27.7 Å². The molecule has 0 aromatic rings. The molecule has 0 spiro atoms. The van der Waals surface area contributed by atoms with Crippen LogP contribution in [0.25, 0.3) is 0 Å². The molecule has 6 heteroatoms. The van der Waals surface area contributed by atoms with E-state index in [1.165, 1.54) is 0 Å². The lowest BCUT2D eigenvalue weighted by Gasteiger charge is -2.35. The predicted molar refractivity (Wildman–Crippen MR) is 54.9 cm³/mol. The van der Waals surface area contributed by atoms with Gasteiger partial charge in [0.25, 0.3) is 0 Å². The van der Waals surface area contributed by atoms with E-state index in [1.54, 1.807) is 0 Å². The van der Waals surface area contributed by atoms with Crippen LogP contribution in [0.5, 0.6) is 0 Å². The van der Waals surface area contributed by atoms with E-state index in [9.17, 15) is 13.0 Å². The van der Waals surface area contributed by atoms with Gasteiger partial charge < -0.3 is 10.7 Å². The second kappa shape index (κ2) is 5.65. The Morgan fingerprint density at radius 3 is 1.71 bits per heavy atom. The summed E-state index contributed by atoms with van der Waals surface area (Å²) >= 11 is 0. The van der Waals surface area contributed by atoms with Crippen molar-refractivity contribution >= 4 is 10.4 Å². The van der Waals surface area contributed by atoms with Gasteiger partial charge in [-0.15, -0.1) is 0 Å². The average Bonchev–Trinajstić information content (AvgIpc) is 1.98. The van der Waals surface area contributed by atoms with E-state index in [0.29, 0.717) is 12.8 Å². The monoisotopic (exact) mass is 227 g/mol. The molecule has 88 valence electrons. The molecule has 0 saturated carbocycles. The highest BCUT2D eigenvalue weighted by molar-refractivity contribution is 7.80. The molecule has 0 aliphatic carbocycles. The molecular weight excluding hydrogens is 206 g/mol. The second-order valence-corrected chi connectivity index (χ2v) is 4.40. The van der Waals surface area contributed by atoms with Gasteiger partial charge in [-0.25, -0.2) is 8.42 Å². The quantitative estimate of drug-likeness (QED) is 0.573. The zero-order valence-corrected chi connectivity index (χ0v) is 10.3. The van der Waals surface area contributed by atoms with Crippen molar-refractivity contribution in [2.45, 2.75) is 46.1 Å². The molecule has 4 N–H and O–H groups in total. The predicted octanol–water partition coefficient (Wildman–Crippen LogP) is 2.05. The Morgan fingerprint density at radius 2 is 1.64 bits per heavy atom. The van der Waals surface area contributed by atoms with E-state index in [1.807, 2.05) is 27.7 Å². The standard InChI is InChI=1S/C8H18O4S.H3N/c1-5-8(6-2,7(3)4)12-13(9,10)11;/h7H,5-6H2,1-4H3,(H,9,10,11);1H3. The first-order valence-electron chi connectivity index (χ1n) is 4.44. The van der Waals surface area contributed by atoms with Crippen LogP contribution in [0, 0.1) is 5.92 Å². The van der Waals surface area contributed by atoms with Crippen LogP contribution in [0.1, 0.15) is 40.5 Å². The van der Waals surface area contributed by atoms with E-state index in [0.717, 1.165) is 0 Å². The van der Waals surface area contributed by atoms with Gasteiger partial charge in [0.1, 0.15) is 0 Å². The first-order chi connectivity index (χ1) is 5.77. The van der Waals surface area contributed by atoms with E-state index >= 15 is 0 Å². The third-order valence-corrected chi connectivity index (χ3v) is 3.05. The molecule has 0 atom stereocenters. The van der Waals surface area contributed by atoms with Crippen molar-refractivity contribution in [2.24, 2.45) is 5.92 Å². The highest BCUT2D eigenvalue weighted by Crippen LogP contribution is 2.30. The zero-order valence-electron chi connectivity index (χ0n) is 9.53. The summed E-state index contributed by atoms with van der Waals surface area (Å²) < 4.78 is 36.1. The molecule has 0 radical (unpaired) electrons. The Kier molecular flexibility index (Phi) is 6.56. The van der Waals surface area contributed by atoms with Crippen LogP contribution < -0.4 is 6.15 Å². The maximum atomic E-state index is 10.5. The molecule has 0 fully saturated rings. The summed E-state index contributed by atoms with van der Waals surface area (Å²) in [7, 11) is -4.60. The van der Waals surface area contributed by atoms with Crippen LogP contribution in [0.2, 0.25) is 0 Å². The molecule has 0 amide bonds. The summed E-state index contributed by atoms with van der Waals surface area (Å²) in [6, 6.07) is 0. The lowest BCUT2D eigenvalue weighted by Crippen LogP contribution is -2.39. The minimum absolute atomic E-state index is 0. The van der Waals surface area contributed by atoms with Crippen molar-refractivity contribution in [3.05, 3.63) is 0 Å². The molecule has 0 rings (SSSR count). The molecule has 0 aliphatic heterocycles. The van der Waals surface area contributed by atoms with Crippen LogP contribution in [-0.2, 0) is 14.6 Å². The fraction of sp³-hybridized carbons (Fsp3) is 1.00. The summed E-state index contributed by atoms with van der Waals surface area (Å²) in [5, 5.41) is 0. The number of hydrogen-bond acceptors (Lipinski definition) is 4. The first kappa shape index (κ1) is 16.3. The maximum absolute atomic E-state index is 10.5. The first-order valence-corrected chi connectivity index (χ1v) is 5.77. The molecule has 0 unspecified atom stereocenters. The van der Waals surface area contributed by atoms with Crippen LogP contribution >= 0.6 is 0 Å². The minimum Gasteiger partial charge on any atom is -0.726 e. The Bertz CT molecular complexity index is 244. The van der Waals surface area contributed by atoms with Gasteiger partial charge in [-0.05, 0) is 18.8 Å². The van der Waals surface area contributed by atoms with Gasteiger partial charge in [-0.2, -0.15) is 0 Å². The minimum atomic E-state index is -4.60. The molecule has 0 saturated heterocycles. The average molecular weight is 227 g/mol. The van der Waals surface area contributed by atoms with E-state index in [-0.39, 0.29) is 12.1 Å². The van der Waals surface area contributed by atoms with Crippen molar-refractivity contribution in [3.63, 3.8) is 0 Å². The molecular formula is C8H21NO4S. The fourth-order valence-corrected chi connectivity index (χ4v) is 2.32. The topological polar surface area (TPSA) is 103 Å². The molecule has 0 heterocycles. The fourth-order valence-electron chi connectivity index (χ4n) is 1.48. The Balaban J connectivity index is 0. The lowest BCUT2D eigenvalue weighted by atomic mass is 9.85. The zero-order chi connectivity index (χ0) is 10.7. The van der Waals surface area contributed by atoms with E-state index in [2.05, 4.69) is 4.18 Å². The van der Waals surface area contributed by atoms with Gasteiger partial charge in [0.15, 0.2) is 0 Å². The molecule has 0 bridgehead atoms. The Labute approximate surface area is 86.4 Å². The van der Waals surface area contributed by atoms with Gasteiger partial charge in [0, 0.05) is 0 Å². The summed E-state index contributed by atoms with van der Waals surface area (Å²) in [5.74, 6) is 0.00576. The summed E-state index contributed by atoms with van der Waals surface area (Å²) in [4.78, 5) is 0. The van der Waals surface area contributed by atoms with E-state index < -0.39 is 16.0 Å². The second-order valence-electron chi connectivity index (χ2n) is 3.42. The molecule has 0 aromatic heterocycles. The third kappa shape index (κ3) is 4.36. The third-order valence-electron chi connectivity index (χ3n) is 2.52. The Morgan fingerprint density at radius 1 is 1.29 bits per heavy atom. The SMILES string of the molecule is CCC(CC)(OS(=O)(=O)[O-])C(C)C.[NH4+]. The highest BCUT2D eigenvalue weighted by atomic mass is 32.3. The number of hydrogen-bond donors (Lipinski definition) is 1. The van der Waals surface area contributed by atoms with Crippen LogP contribution in [0.4, 0.5) is 0 Å². The summed E-state index contributed by atoms with van der Waals surface area (Å²) in [5.41, 5.74) is -0.833. The van der Waals surface area contributed by atoms with Crippen molar-refractivity contribution in [1.29, 1.82) is 0 Å². The number of quaternary nitrogens is 1. The van der Waals surface area contributed by atoms with Gasteiger partial charge in [-0.3, -0.25) is 4.18 Å². The largest absolute Gasteiger partial charge is 0.726 e. The normalized spacial score (nSPS) is 12.7. The molecule has 0 aliphatic rings. The summed E-state index contributed by atoms with van der Waals surface area (Å²) in [6.07, 6.45) is 1.03.